The van der Waals surface area contributed by atoms with Crippen molar-refractivity contribution in [1.29, 1.82) is 0 Å². The molecule has 0 atom stereocenters. The quantitative estimate of drug-likeness (QED) is 0.751. The van der Waals surface area contributed by atoms with E-state index in [1.54, 1.807) is 26.3 Å². The van der Waals surface area contributed by atoms with Crippen molar-refractivity contribution < 1.29 is 4.79 Å². The molecule has 0 saturated heterocycles. The first kappa shape index (κ1) is 17.2. The Balaban J connectivity index is 1.65. The van der Waals surface area contributed by atoms with Crippen molar-refractivity contribution in [3.05, 3.63) is 51.8 Å². The Bertz CT molecular complexity index is 921. The molecule has 0 aliphatic rings. The van der Waals surface area contributed by atoms with Crippen molar-refractivity contribution in [1.82, 2.24) is 34.7 Å². The maximum Gasteiger partial charge on any atom is 0.272 e. The number of nitrogens with one attached hydrogen (secondary N) is 1. The molecule has 0 radical (unpaired) electrons. The third-order valence-electron chi connectivity index (χ3n) is 4.00. The molecule has 0 spiro atoms. The standard InChI is InChI=1S/C16H20ClN7O/c1-10-13(8-22(4)19-10)7-18-16(25)14-5-6-23(21-14)9-24-12(3)15(17)11(2)20-24/h5-6,8H,7,9H2,1-4H3,(H,18,25). The largest absolute Gasteiger partial charge is 0.346 e. The Kier molecular flexibility index (Phi) is 4.63. The maximum absolute atomic E-state index is 12.3. The molecule has 0 bridgehead atoms. The number of aromatic nitrogens is 6. The van der Waals surface area contributed by atoms with Gasteiger partial charge in [-0.05, 0) is 26.8 Å². The molecule has 1 amide bonds. The molecule has 25 heavy (non-hydrogen) atoms. The second-order valence-electron chi connectivity index (χ2n) is 5.96. The van der Waals surface area contributed by atoms with Gasteiger partial charge in [-0.25, -0.2) is 4.68 Å². The van der Waals surface area contributed by atoms with Crippen LogP contribution in [0.2, 0.25) is 5.02 Å². The number of aryl methyl sites for hydroxylation is 3. The fourth-order valence-corrected chi connectivity index (χ4v) is 2.74. The van der Waals surface area contributed by atoms with Gasteiger partial charge >= 0.3 is 0 Å². The average Bonchev–Trinajstić information content (AvgIpc) is 3.22. The molecule has 8 nitrogen and oxygen atoms in total. The molecule has 3 aromatic rings. The fraction of sp³-hybridized carbons (Fsp3) is 0.375. The van der Waals surface area contributed by atoms with Crippen LogP contribution in [-0.2, 0) is 20.3 Å². The summed E-state index contributed by atoms with van der Waals surface area (Å²) in [6.45, 7) is 6.48. The molecule has 3 aromatic heterocycles. The molecule has 1 N–H and O–H groups in total. The first-order chi connectivity index (χ1) is 11.8. The minimum atomic E-state index is -0.228. The van der Waals surface area contributed by atoms with Crippen LogP contribution in [0, 0.1) is 20.8 Å². The normalized spacial score (nSPS) is 11.1. The molecule has 0 fully saturated rings. The number of rotatable bonds is 5. The first-order valence-electron chi connectivity index (χ1n) is 7.85. The molecule has 0 unspecified atom stereocenters. The van der Waals surface area contributed by atoms with Crippen LogP contribution in [0.4, 0.5) is 0 Å². The summed E-state index contributed by atoms with van der Waals surface area (Å²) >= 11 is 6.15. The second-order valence-corrected chi connectivity index (χ2v) is 6.34. The zero-order valence-corrected chi connectivity index (χ0v) is 15.4. The molecule has 3 rings (SSSR count). The van der Waals surface area contributed by atoms with Gasteiger partial charge in [0.2, 0.25) is 0 Å². The summed E-state index contributed by atoms with van der Waals surface area (Å²) in [5.74, 6) is -0.228. The van der Waals surface area contributed by atoms with Crippen molar-refractivity contribution in [2.24, 2.45) is 7.05 Å². The fourth-order valence-electron chi connectivity index (χ4n) is 2.60. The van der Waals surface area contributed by atoms with Gasteiger partial charge in [-0.1, -0.05) is 11.6 Å². The molecular weight excluding hydrogens is 342 g/mol. The Hall–Kier alpha value is -2.61. The van der Waals surface area contributed by atoms with Gasteiger partial charge in [0.15, 0.2) is 0 Å². The predicted molar refractivity (Wildman–Crippen MR) is 93.5 cm³/mol. The monoisotopic (exact) mass is 361 g/mol. The first-order valence-corrected chi connectivity index (χ1v) is 8.23. The number of nitrogens with zero attached hydrogens (tertiary/aromatic N) is 6. The minimum Gasteiger partial charge on any atom is -0.346 e. The van der Waals surface area contributed by atoms with E-state index in [4.69, 9.17) is 11.6 Å². The van der Waals surface area contributed by atoms with Gasteiger partial charge < -0.3 is 5.32 Å². The van der Waals surface area contributed by atoms with Crippen LogP contribution in [0.25, 0.3) is 0 Å². The summed E-state index contributed by atoms with van der Waals surface area (Å²) in [7, 11) is 1.85. The van der Waals surface area contributed by atoms with E-state index in [-0.39, 0.29) is 5.91 Å². The lowest BCUT2D eigenvalue weighted by Crippen LogP contribution is -2.24. The van der Waals surface area contributed by atoms with E-state index in [1.807, 2.05) is 34.0 Å². The molecule has 3 heterocycles. The summed E-state index contributed by atoms with van der Waals surface area (Å²) in [6.07, 6.45) is 3.63. The Morgan fingerprint density at radius 3 is 2.56 bits per heavy atom. The number of carbonyl (C=O) groups excluding carboxylic acids is 1. The molecule has 9 heteroatoms. The topological polar surface area (TPSA) is 82.6 Å². The number of hydrogen-bond acceptors (Lipinski definition) is 4. The van der Waals surface area contributed by atoms with Crippen LogP contribution in [0.1, 0.15) is 33.1 Å². The highest BCUT2D eigenvalue weighted by atomic mass is 35.5. The molecule has 0 saturated carbocycles. The van der Waals surface area contributed by atoms with E-state index in [0.717, 1.165) is 22.6 Å². The molecule has 0 aliphatic carbocycles. The summed E-state index contributed by atoms with van der Waals surface area (Å²) in [6, 6.07) is 1.68. The van der Waals surface area contributed by atoms with Gasteiger partial charge in [-0.3, -0.25) is 14.2 Å². The van der Waals surface area contributed by atoms with E-state index in [9.17, 15) is 4.79 Å². The average molecular weight is 362 g/mol. The zero-order valence-electron chi connectivity index (χ0n) is 14.6. The number of carbonyl (C=O) groups is 1. The lowest BCUT2D eigenvalue weighted by Gasteiger charge is -2.05. The van der Waals surface area contributed by atoms with Gasteiger partial charge in [0, 0.05) is 31.5 Å². The highest BCUT2D eigenvalue weighted by molar-refractivity contribution is 6.31. The van der Waals surface area contributed by atoms with Crippen molar-refractivity contribution >= 4 is 17.5 Å². The molecular formula is C16H20ClN7O. The molecule has 132 valence electrons. The van der Waals surface area contributed by atoms with Crippen LogP contribution >= 0.6 is 11.6 Å². The van der Waals surface area contributed by atoms with Gasteiger partial charge in [-0.2, -0.15) is 15.3 Å². The van der Waals surface area contributed by atoms with Crippen LogP contribution in [0.3, 0.4) is 0 Å². The van der Waals surface area contributed by atoms with Crippen LogP contribution in [0.15, 0.2) is 18.5 Å². The van der Waals surface area contributed by atoms with Crippen LogP contribution < -0.4 is 5.32 Å². The van der Waals surface area contributed by atoms with E-state index >= 15 is 0 Å². The predicted octanol–water partition coefficient (Wildman–Crippen LogP) is 1.83. The van der Waals surface area contributed by atoms with Gasteiger partial charge in [0.1, 0.15) is 12.4 Å². The second kappa shape index (κ2) is 6.72. The Labute approximate surface area is 150 Å². The highest BCUT2D eigenvalue weighted by Gasteiger charge is 2.13. The van der Waals surface area contributed by atoms with Crippen molar-refractivity contribution in [3.8, 4) is 0 Å². The zero-order chi connectivity index (χ0) is 18.1. The van der Waals surface area contributed by atoms with E-state index < -0.39 is 0 Å². The third kappa shape index (κ3) is 3.58. The highest BCUT2D eigenvalue weighted by Crippen LogP contribution is 2.18. The van der Waals surface area contributed by atoms with Crippen molar-refractivity contribution in [3.63, 3.8) is 0 Å². The third-order valence-corrected chi connectivity index (χ3v) is 4.55. The maximum atomic E-state index is 12.3. The summed E-state index contributed by atoms with van der Waals surface area (Å²) in [4.78, 5) is 12.3. The molecule has 0 aromatic carbocycles. The molecule has 0 aliphatic heterocycles. The Morgan fingerprint density at radius 2 is 1.96 bits per heavy atom. The minimum absolute atomic E-state index is 0.228. The SMILES string of the molecule is Cc1nn(C)cc1CNC(=O)c1ccn(Cn2nc(C)c(Cl)c2C)n1. The smallest absolute Gasteiger partial charge is 0.272 e. The van der Waals surface area contributed by atoms with E-state index in [2.05, 4.69) is 20.6 Å². The van der Waals surface area contributed by atoms with E-state index in [0.29, 0.717) is 23.9 Å². The van der Waals surface area contributed by atoms with Crippen molar-refractivity contribution in [2.45, 2.75) is 34.0 Å². The number of hydrogen-bond donors (Lipinski definition) is 1. The number of halogens is 1. The summed E-state index contributed by atoms with van der Waals surface area (Å²) in [5.41, 5.74) is 3.88. The van der Waals surface area contributed by atoms with Gasteiger partial charge in [0.05, 0.1) is 22.1 Å². The Morgan fingerprint density at radius 1 is 1.20 bits per heavy atom. The van der Waals surface area contributed by atoms with Crippen molar-refractivity contribution in [2.75, 3.05) is 0 Å². The lowest BCUT2D eigenvalue weighted by atomic mass is 10.2. The van der Waals surface area contributed by atoms with Gasteiger partial charge in [-0.15, -0.1) is 0 Å². The van der Waals surface area contributed by atoms with E-state index in [1.165, 1.54) is 0 Å². The van der Waals surface area contributed by atoms with Crippen LogP contribution in [0.5, 0.6) is 0 Å². The summed E-state index contributed by atoms with van der Waals surface area (Å²) < 4.78 is 5.14. The van der Waals surface area contributed by atoms with Crippen LogP contribution in [-0.4, -0.2) is 35.2 Å². The lowest BCUT2D eigenvalue weighted by molar-refractivity contribution is 0.0945. The number of amides is 1. The van der Waals surface area contributed by atoms with Gasteiger partial charge in [0.25, 0.3) is 5.91 Å². The summed E-state index contributed by atoms with van der Waals surface area (Å²) in [5, 5.41) is 16.4.